The molecular weight excluding hydrogens is 396 g/mol. The highest BCUT2D eigenvalue weighted by Gasteiger charge is 2.35. The first-order valence-electron chi connectivity index (χ1n) is 9.81. The van der Waals surface area contributed by atoms with E-state index in [1.54, 1.807) is 9.80 Å². The molecule has 1 saturated heterocycles. The van der Waals surface area contributed by atoms with Crippen molar-refractivity contribution in [2.75, 3.05) is 20.2 Å². The van der Waals surface area contributed by atoms with Gasteiger partial charge < -0.3 is 24.4 Å². The quantitative estimate of drug-likeness (QED) is 0.776. The molecule has 0 spiro atoms. The lowest BCUT2D eigenvalue weighted by Gasteiger charge is -2.41. The summed E-state index contributed by atoms with van der Waals surface area (Å²) < 4.78 is 10.5. The molecule has 1 fully saturated rings. The van der Waals surface area contributed by atoms with Crippen molar-refractivity contribution in [1.29, 1.82) is 0 Å². The number of phenolic OH excluding ortho intramolecular Hbond substituents is 1. The van der Waals surface area contributed by atoms with Crippen LogP contribution in [0.2, 0.25) is 5.02 Å². The van der Waals surface area contributed by atoms with Crippen LogP contribution < -0.4 is 4.74 Å². The maximum Gasteiger partial charge on any atom is 0.410 e. The minimum atomic E-state index is -0.578. The highest BCUT2D eigenvalue weighted by Crippen LogP contribution is 2.34. The van der Waals surface area contributed by atoms with Gasteiger partial charge in [0.1, 0.15) is 5.60 Å². The summed E-state index contributed by atoms with van der Waals surface area (Å²) in [7, 11) is 1.42. The topological polar surface area (TPSA) is 79.3 Å². The van der Waals surface area contributed by atoms with Gasteiger partial charge in [0.05, 0.1) is 23.7 Å². The molecular formula is C21H31ClN2O5. The molecule has 0 unspecified atom stereocenters. The Morgan fingerprint density at radius 3 is 2.52 bits per heavy atom. The van der Waals surface area contributed by atoms with E-state index >= 15 is 0 Å². The zero-order chi connectivity index (χ0) is 21.9. The fourth-order valence-corrected chi connectivity index (χ4v) is 3.74. The maximum atomic E-state index is 13.3. The van der Waals surface area contributed by atoms with E-state index < -0.39 is 5.60 Å². The second-order valence-corrected chi connectivity index (χ2v) is 8.94. The van der Waals surface area contributed by atoms with Crippen molar-refractivity contribution in [1.82, 2.24) is 9.80 Å². The van der Waals surface area contributed by atoms with E-state index in [1.807, 2.05) is 34.6 Å². The van der Waals surface area contributed by atoms with Crippen LogP contribution in [0.5, 0.6) is 11.5 Å². The lowest BCUT2D eigenvalue weighted by atomic mass is 10.0. The monoisotopic (exact) mass is 426 g/mol. The summed E-state index contributed by atoms with van der Waals surface area (Å²) in [4.78, 5) is 29.2. The molecule has 2 amide bonds. The summed E-state index contributed by atoms with van der Waals surface area (Å²) in [5, 5.41) is 10.3. The molecule has 1 heterocycles. The van der Waals surface area contributed by atoms with Crippen LogP contribution in [0, 0.1) is 0 Å². The van der Waals surface area contributed by atoms with E-state index in [-0.39, 0.29) is 46.2 Å². The van der Waals surface area contributed by atoms with Gasteiger partial charge in [-0.15, -0.1) is 0 Å². The summed E-state index contributed by atoms with van der Waals surface area (Å²) in [5.74, 6) is -0.238. The van der Waals surface area contributed by atoms with Crippen molar-refractivity contribution in [2.24, 2.45) is 0 Å². The SMILES string of the molecule is COc1cc(Cl)c(C(=O)N(C(C)C)[C@@H]2CCCN(C(=O)OC(C)(C)C)C2)cc1O. The van der Waals surface area contributed by atoms with E-state index in [2.05, 4.69) is 0 Å². The van der Waals surface area contributed by atoms with Crippen molar-refractivity contribution >= 4 is 23.6 Å². The van der Waals surface area contributed by atoms with Crippen molar-refractivity contribution in [2.45, 2.75) is 65.1 Å². The number of hydrogen-bond donors (Lipinski definition) is 1. The molecule has 0 aromatic heterocycles. The molecule has 8 heteroatoms. The molecule has 0 saturated carbocycles. The molecule has 1 aliphatic heterocycles. The highest BCUT2D eigenvalue weighted by molar-refractivity contribution is 6.34. The number of piperidine rings is 1. The van der Waals surface area contributed by atoms with Gasteiger partial charge >= 0.3 is 6.09 Å². The summed E-state index contributed by atoms with van der Waals surface area (Å²) in [6.45, 7) is 10.3. The average molecular weight is 427 g/mol. The van der Waals surface area contributed by atoms with E-state index in [0.29, 0.717) is 13.1 Å². The van der Waals surface area contributed by atoms with Crippen LogP contribution in [-0.4, -0.2) is 64.8 Å². The summed E-state index contributed by atoms with van der Waals surface area (Å²) in [5.41, 5.74) is -0.376. The lowest BCUT2D eigenvalue weighted by Crippen LogP contribution is -2.54. The normalized spacial score (nSPS) is 17.2. The number of nitrogens with zero attached hydrogens (tertiary/aromatic N) is 2. The molecule has 7 nitrogen and oxygen atoms in total. The van der Waals surface area contributed by atoms with Gasteiger partial charge in [0.25, 0.3) is 5.91 Å². The highest BCUT2D eigenvalue weighted by atomic mass is 35.5. The fourth-order valence-electron chi connectivity index (χ4n) is 3.51. The first-order chi connectivity index (χ1) is 13.4. The molecule has 0 aliphatic carbocycles. The third kappa shape index (κ3) is 5.69. The second kappa shape index (κ2) is 9.11. The van der Waals surface area contributed by atoms with Crippen LogP contribution in [0.25, 0.3) is 0 Å². The molecule has 1 aromatic carbocycles. The predicted octanol–water partition coefficient (Wildman–Crippen LogP) is 4.30. The number of hydrogen-bond acceptors (Lipinski definition) is 5. The minimum Gasteiger partial charge on any atom is -0.504 e. The number of amides is 2. The van der Waals surface area contributed by atoms with Crippen molar-refractivity contribution in [3.63, 3.8) is 0 Å². The van der Waals surface area contributed by atoms with Gasteiger partial charge in [-0.2, -0.15) is 0 Å². The minimum absolute atomic E-state index is 0.119. The molecule has 29 heavy (non-hydrogen) atoms. The number of halogens is 1. The number of benzene rings is 1. The molecule has 1 aromatic rings. The lowest BCUT2D eigenvalue weighted by molar-refractivity contribution is 0.00752. The smallest absolute Gasteiger partial charge is 0.410 e. The van der Waals surface area contributed by atoms with Gasteiger partial charge in [0.15, 0.2) is 11.5 Å². The van der Waals surface area contributed by atoms with Crippen LogP contribution in [0.3, 0.4) is 0 Å². The molecule has 1 atom stereocenters. The number of likely N-dealkylation sites (tertiary alicyclic amines) is 1. The van der Waals surface area contributed by atoms with Gasteiger partial charge in [-0.1, -0.05) is 11.6 Å². The molecule has 1 N–H and O–H groups in total. The summed E-state index contributed by atoms with van der Waals surface area (Å²) in [6, 6.07) is 2.46. The molecule has 2 rings (SSSR count). The van der Waals surface area contributed by atoms with E-state index in [9.17, 15) is 14.7 Å². The number of methoxy groups -OCH3 is 1. The standard InChI is InChI=1S/C21H31ClN2O5/c1-13(2)24(19(26)15-10-17(25)18(28-6)11-16(15)22)14-8-7-9-23(12-14)20(27)29-21(3,4)5/h10-11,13-14,25H,7-9,12H2,1-6H3/t14-/m1/s1. The Morgan fingerprint density at radius 1 is 1.31 bits per heavy atom. The molecule has 0 bridgehead atoms. The van der Waals surface area contributed by atoms with E-state index in [4.69, 9.17) is 21.1 Å². The number of carbonyl (C=O) groups is 2. The third-order valence-electron chi connectivity index (χ3n) is 4.73. The Hall–Kier alpha value is -2.15. The second-order valence-electron chi connectivity index (χ2n) is 8.53. The average Bonchev–Trinajstić information content (AvgIpc) is 2.61. The van der Waals surface area contributed by atoms with Gasteiger partial charge in [-0.25, -0.2) is 4.79 Å². The Labute approximate surface area is 177 Å². The van der Waals surface area contributed by atoms with Crippen LogP contribution >= 0.6 is 11.6 Å². The van der Waals surface area contributed by atoms with Gasteiger partial charge in [0, 0.05) is 25.2 Å². The third-order valence-corrected chi connectivity index (χ3v) is 5.04. The van der Waals surface area contributed by atoms with Gasteiger partial charge in [-0.05, 0) is 53.5 Å². The van der Waals surface area contributed by atoms with Gasteiger partial charge in [-0.3, -0.25) is 4.79 Å². The largest absolute Gasteiger partial charge is 0.504 e. The van der Waals surface area contributed by atoms with Gasteiger partial charge in [0.2, 0.25) is 0 Å². The maximum absolute atomic E-state index is 13.3. The van der Waals surface area contributed by atoms with Crippen molar-refractivity contribution < 1.29 is 24.2 Å². The van der Waals surface area contributed by atoms with Crippen LogP contribution in [0.15, 0.2) is 12.1 Å². The van der Waals surface area contributed by atoms with Crippen LogP contribution in [0.4, 0.5) is 4.79 Å². The van der Waals surface area contributed by atoms with Crippen LogP contribution in [0.1, 0.15) is 57.8 Å². The fraction of sp³-hybridized carbons (Fsp3) is 0.619. The predicted molar refractivity (Wildman–Crippen MR) is 112 cm³/mol. The van der Waals surface area contributed by atoms with E-state index in [0.717, 1.165) is 12.8 Å². The number of carbonyl (C=O) groups excluding carboxylic acids is 2. The van der Waals surface area contributed by atoms with Crippen LogP contribution in [-0.2, 0) is 4.74 Å². The van der Waals surface area contributed by atoms with Crippen molar-refractivity contribution in [3.8, 4) is 11.5 Å². The molecule has 162 valence electrons. The molecule has 1 aliphatic rings. The number of ether oxygens (including phenoxy) is 2. The number of phenols is 1. The first kappa shape index (κ1) is 23.1. The summed E-state index contributed by atoms with van der Waals surface area (Å²) >= 11 is 6.29. The zero-order valence-electron chi connectivity index (χ0n) is 18.0. The van der Waals surface area contributed by atoms with E-state index in [1.165, 1.54) is 19.2 Å². The number of aromatic hydroxyl groups is 1. The Morgan fingerprint density at radius 2 is 1.97 bits per heavy atom. The number of rotatable bonds is 4. The van der Waals surface area contributed by atoms with Crippen molar-refractivity contribution in [3.05, 3.63) is 22.7 Å². The Bertz CT molecular complexity index is 760. The Kier molecular flexibility index (Phi) is 7.27. The summed E-state index contributed by atoms with van der Waals surface area (Å²) in [6.07, 6.45) is 1.16. The zero-order valence-corrected chi connectivity index (χ0v) is 18.7. The Balaban J connectivity index is 2.26. The first-order valence-corrected chi connectivity index (χ1v) is 10.2. The molecule has 0 radical (unpaired) electrons.